The Balaban J connectivity index is 1.99. The molecule has 0 unspecified atom stereocenters. The highest BCUT2D eigenvalue weighted by Crippen LogP contribution is 2.49. The van der Waals surface area contributed by atoms with Crippen LogP contribution in [0.2, 0.25) is 0 Å². The van der Waals surface area contributed by atoms with Gasteiger partial charge in [0, 0.05) is 15.4 Å². The number of halogens is 1. The molecule has 0 aliphatic heterocycles. The summed E-state index contributed by atoms with van der Waals surface area (Å²) in [5.74, 6) is 0. The lowest BCUT2D eigenvalue weighted by atomic mass is 10.1. The van der Waals surface area contributed by atoms with Gasteiger partial charge in [0.25, 0.3) is 0 Å². The van der Waals surface area contributed by atoms with Crippen LogP contribution in [0.25, 0.3) is 11.3 Å². The van der Waals surface area contributed by atoms with Gasteiger partial charge in [-0.2, -0.15) is 5.26 Å². The number of aromatic nitrogens is 1. The number of thiazole rings is 1. The molecular weight excluding hydrogens is 296 g/mol. The second-order valence-corrected chi connectivity index (χ2v) is 6.02. The molecule has 0 atom stereocenters. The predicted molar refractivity (Wildman–Crippen MR) is 71.8 cm³/mol. The van der Waals surface area contributed by atoms with E-state index in [1.54, 1.807) is 11.3 Å². The predicted octanol–water partition coefficient (Wildman–Crippen LogP) is 4.13. The first-order chi connectivity index (χ1) is 8.23. The zero-order valence-corrected chi connectivity index (χ0v) is 11.4. The average molecular weight is 305 g/mol. The summed E-state index contributed by atoms with van der Waals surface area (Å²) in [5, 5.41) is 12.1. The van der Waals surface area contributed by atoms with Crippen molar-refractivity contribution < 1.29 is 0 Å². The van der Waals surface area contributed by atoms with Crippen LogP contribution in [0.5, 0.6) is 0 Å². The molecule has 0 spiro atoms. The number of hydrogen-bond donors (Lipinski definition) is 0. The highest BCUT2D eigenvalue weighted by Gasteiger charge is 2.47. The molecule has 1 aromatic heterocycles. The summed E-state index contributed by atoms with van der Waals surface area (Å²) in [4.78, 5) is 4.60. The third-order valence-electron chi connectivity index (χ3n) is 3.00. The van der Waals surface area contributed by atoms with Gasteiger partial charge in [-0.25, -0.2) is 4.98 Å². The molecule has 0 radical (unpaired) electrons. The fourth-order valence-electron chi connectivity index (χ4n) is 1.77. The zero-order chi connectivity index (χ0) is 11.9. The summed E-state index contributed by atoms with van der Waals surface area (Å²) >= 11 is 5.05. The molecule has 0 N–H and O–H groups in total. The smallest absolute Gasteiger partial charge is 0.114 e. The van der Waals surface area contributed by atoms with Gasteiger partial charge in [-0.15, -0.1) is 11.3 Å². The van der Waals surface area contributed by atoms with Gasteiger partial charge in [-0.1, -0.05) is 28.1 Å². The van der Waals surface area contributed by atoms with E-state index < -0.39 is 0 Å². The lowest BCUT2D eigenvalue weighted by Gasteiger charge is -1.99. The molecule has 1 fully saturated rings. The molecular formula is C13H9BrN2S. The molecule has 1 saturated carbocycles. The Bertz CT molecular complexity index is 608. The largest absolute Gasteiger partial charge is 0.240 e. The minimum atomic E-state index is -0.269. The zero-order valence-electron chi connectivity index (χ0n) is 8.98. The van der Waals surface area contributed by atoms with Crippen LogP contribution < -0.4 is 0 Å². The summed E-state index contributed by atoms with van der Waals surface area (Å²) in [6, 6.07) is 10.5. The van der Waals surface area contributed by atoms with Gasteiger partial charge in [0.05, 0.1) is 11.8 Å². The number of nitrogens with zero attached hydrogens (tertiary/aromatic N) is 2. The fourth-order valence-corrected chi connectivity index (χ4v) is 3.21. The van der Waals surface area contributed by atoms with Crippen LogP contribution in [0.1, 0.15) is 17.8 Å². The lowest BCUT2D eigenvalue weighted by molar-refractivity contribution is 0.891. The van der Waals surface area contributed by atoms with E-state index in [1.165, 1.54) is 0 Å². The highest BCUT2D eigenvalue weighted by molar-refractivity contribution is 9.10. The second kappa shape index (κ2) is 3.94. The van der Waals surface area contributed by atoms with Gasteiger partial charge >= 0.3 is 0 Å². The first-order valence-corrected chi connectivity index (χ1v) is 7.04. The highest BCUT2D eigenvalue weighted by atomic mass is 79.9. The van der Waals surface area contributed by atoms with Crippen LogP contribution in [-0.4, -0.2) is 4.98 Å². The lowest BCUT2D eigenvalue weighted by Crippen LogP contribution is -2.01. The van der Waals surface area contributed by atoms with Gasteiger partial charge in [-0.05, 0) is 25.0 Å². The normalized spacial score (nSPS) is 16.5. The molecule has 2 aromatic rings. The van der Waals surface area contributed by atoms with E-state index in [0.717, 1.165) is 33.6 Å². The average Bonchev–Trinajstić information content (AvgIpc) is 2.99. The van der Waals surface area contributed by atoms with Crippen molar-refractivity contribution in [3.8, 4) is 17.3 Å². The van der Waals surface area contributed by atoms with Crippen LogP contribution in [0.15, 0.2) is 34.1 Å². The summed E-state index contributed by atoms with van der Waals surface area (Å²) < 4.78 is 1.05. The minimum absolute atomic E-state index is 0.269. The topological polar surface area (TPSA) is 36.7 Å². The van der Waals surface area contributed by atoms with Crippen molar-refractivity contribution >= 4 is 27.3 Å². The summed E-state index contributed by atoms with van der Waals surface area (Å²) in [6.07, 6.45) is 1.91. The molecule has 84 valence electrons. The maximum atomic E-state index is 9.14. The molecule has 1 aromatic carbocycles. The van der Waals surface area contributed by atoms with E-state index in [9.17, 15) is 0 Å². The van der Waals surface area contributed by atoms with E-state index in [1.807, 2.05) is 29.6 Å². The van der Waals surface area contributed by atoms with E-state index in [-0.39, 0.29) is 5.41 Å². The number of hydrogen-bond acceptors (Lipinski definition) is 3. The standard InChI is InChI=1S/C13H9BrN2S/c14-10-3-1-2-9(6-10)11-7-17-12(16-11)13(8-15)4-5-13/h1-3,6-7H,4-5H2. The number of benzene rings is 1. The molecule has 2 nitrogen and oxygen atoms in total. The Labute approximate surface area is 112 Å². The molecule has 0 bridgehead atoms. The third kappa shape index (κ3) is 1.90. The number of rotatable bonds is 2. The Hall–Kier alpha value is -1.18. The molecule has 17 heavy (non-hydrogen) atoms. The monoisotopic (exact) mass is 304 g/mol. The Morgan fingerprint density at radius 1 is 1.41 bits per heavy atom. The molecule has 1 aliphatic carbocycles. The molecule has 1 heterocycles. The summed E-state index contributed by atoms with van der Waals surface area (Å²) in [5.41, 5.74) is 1.79. The second-order valence-electron chi connectivity index (χ2n) is 4.24. The maximum Gasteiger partial charge on any atom is 0.114 e. The Morgan fingerprint density at radius 2 is 2.24 bits per heavy atom. The third-order valence-corrected chi connectivity index (χ3v) is 4.54. The first-order valence-electron chi connectivity index (χ1n) is 5.37. The van der Waals surface area contributed by atoms with Gasteiger partial charge in [-0.3, -0.25) is 0 Å². The van der Waals surface area contributed by atoms with Crippen LogP contribution >= 0.6 is 27.3 Å². The van der Waals surface area contributed by atoms with E-state index in [0.29, 0.717) is 0 Å². The molecule has 3 rings (SSSR count). The Kier molecular flexibility index (Phi) is 2.53. The number of nitriles is 1. The van der Waals surface area contributed by atoms with Crippen LogP contribution in [0.4, 0.5) is 0 Å². The van der Waals surface area contributed by atoms with Gasteiger partial charge in [0.1, 0.15) is 10.4 Å². The summed E-state index contributed by atoms with van der Waals surface area (Å²) in [7, 11) is 0. The van der Waals surface area contributed by atoms with Gasteiger partial charge in [0.15, 0.2) is 0 Å². The maximum absolute atomic E-state index is 9.14. The van der Waals surface area contributed by atoms with E-state index >= 15 is 0 Å². The molecule has 0 saturated heterocycles. The van der Waals surface area contributed by atoms with Crippen molar-refractivity contribution in [2.45, 2.75) is 18.3 Å². The quantitative estimate of drug-likeness (QED) is 0.836. The van der Waals surface area contributed by atoms with E-state index in [2.05, 4.69) is 27.0 Å². The van der Waals surface area contributed by atoms with Crippen molar-refractivity contribution in [1.82, 2.24) is 4.98 Å². The SMILES string of the molecule is N#CC1(c2nc(-c3cccc(Br)c3)cs2)CC1. The van der Waals surface area contributed by atoms with Crippen molar-refractivity contribution in [3.63, 3.8) is 0 Å². The van der Waals surface area contributed by atoms with Gasteiger partial charge in [0.2, 0.25) is 0 Å². The first kappa shape index (κ1) is 10.9. The summed E-state index contributed by atoms with van der Waals surface area (Å²) in [6.45, 7) is 0. The van der Waals surface area contributed by atoms with Crippen molar-refractivity contribution in [3.05, 3.63) is 39.1 Å². The van der Waals surface area contributed by atoms with E-state index in [4.69, 9.17) is 5.26 Å². The van der Waals surface area contributed by atoms with Crippen molar-refractivity contribution in [1.29, 1.82) is 5.26 Å². The van der Waals surface area contributed by atoms with Crippen molar-refractivity contribution in [2.24, 2.45) is 0 Å². The van der Waals surface area contributed by atoms with Crippen LogP contribution in [0, 0.1) is 11.3 Å². The Morgan fingerprint density at radius 3 is 2.88 bits per heavy atom. The fraction of sp³-hybridized carbons (Fsp3) is 0.231. The van der Waals surface area contributed by atoms with Crippen molar-refractivity contribution in [2.75, 3.05) is 0 Å². The van der Waals surface area contributed by atoms with Gasteiger partial charge < -0.3 is 0 Å². The molecule has 4 heteroatoms. The minimum Gasteiger partial charge on any atom is -0.240 e. The molecule has 0 amide bonds. The molecule has 1 aliphatic rings. The van der Waals surface area contributed by atoms with Crippen LogP contribution in [-0.2, 0) is 5.41 Å². The van der Waals surface area contributed by atoms with Crippen LogP contribution in [0.3, 0.4) is 0 Å².